The van der Waals surface area contributed by atoms with Gasteiger partial charge in [0.2, 0.25) is 10.0 Å². The Morgan fingerprint density at radius 1 is 1.15 bits per heavy atom. The van der Waals surface area contributed by atoms with Crippen LogP contribution in [0.3, 0.4) is 0 Å². The fourth-order valence-electron chi connectivity index (χ4n) is 3.58. The number of hydrogen-bond acceptors (Lipinski definition) is 5. The predicted molar refractivity (Wildman–Crippen MR) is 108 cm³/mol. The highest BCUT2D eigenvalue weighted by Gasteiger charge is 2.24. The highest BCUT2D eigenvalue weighted by atomic mass is 32.2. The molecule has 0 amide bonds. The van der Waals surface area contributed by atoms with E-state index < -0.39 is 10.0 Å². The highest BCUT2D eigenvalue weighted by Crippen LogP contribution is 2.29. The Balaban J connectivity index is 1.72. The Bertz CT molecular complexity index is 878. The van der Waals surface area contributed by atoms with Crippen LogP contribution in [0.4, 0.5) is 0 Å². The molecule has 0 unspecified atom stereocenters. The van der Waals surface area contributed by atoms with Gasteiger partial charge in [0.25, 0.3) is 0 Å². The van der Waals surface area contributed by atoms with E-state index in [9.17, 15) is 13.2 Å². The number of sulfonamides is 1. The first-order chi connectivity index (χ1) is 13.0. The van der Waals surface area contributed by atoms with Crippen LogP contribution in [0, 0.1) is 5.92 Å². The molecule has 146 valence electrons. The minimum atomic E-state index is -3.45. The number of ketones is 1. The summed E-state index contributed by atoms with van der Waals surface area (Å²) in [5.41, 5.74) is 1.66. The first kappa shape index (κ1) is 20.2. The number of carbonyl (C=O) groups is 1. The Labute approximate surface area is 165 Å². The summed E-state index contributed by atoms with van der Waals surface area (Å²) in [4.78, 5) is 17.2. The first-order valence-corrected chi connectivity index (χ1v) is 11.8. The SMILES string of the molecule is CCN(CC)S(=O)(=O)c1ccc(-c2csc(CC(=O)C3CCCC3)n2)cc1. The van der Waals surface area contributed by atoms with E-state index in [-0.39, 0.29) is 5.92 Å². The molecule has 3 rings (SSSR count). The van der Waals surface area contributed by atoms with Crippen molar-refractivity contribution < 1.29 is 13.2 Å². The number of aromatic nitrogens is 1. The van der Waals surface area contributed by atoms with Crippen molar-refractivity contribution in [1.82, 2.24) is 9.29 Å². The van der Waals surface area contributed by atoms with Gasteiger partial charge < -0.3 is 0 Å². The Kier molecular flexibility index (Phi) is 6.44. The van der Waals surface area contributed by atoms with Crippen molar-refractivity contribution in [1.29, 1.82) is 0 Å². The largest absolute Gasteiger partial charge is 0.299 e. The zero-order valence-corrected chi connectivity index (χ0v) is 17.5. The van der Waals surface area contributed by atoms with E-state index in [1.807, 2.05) is 19.2 Å². The molecule has 0 N–H and O–H groups in total. The van der Waals surface area contributed by atoms with Crippen LogP contribution in [-0.2, 0) is 21.2 Å². The molecular weight excluding hydrogens is 380 g/mol. The number of benzene rings is 1. The third-order valence-corrected chi connectivity index (χ3v) is 8.09. The van der Waals surface area contributed by atoms with Gasteiger partial charge in [-0.05, 0) is 25.0 Å². The van der Waals surface area contributed by atoms with Crippen molar-refractivity contribution in [2.24, 2.45) is 5.92 Å². The molecule has 0 atom stereocenters. The second-order valence-electron chi connectivity index (χ2n) is 6.86. The standard InChI is InChI=1S/C20H26N2O3S2/c1-3-22(4-2)27(24,25)17-11-9-15(10-12-17)18-14-26-20(21-18)13-19(23)16-7-5-6-8-16/h9-12,14,16H,3-8,13H2,1-2H3. The lowest BCUT2D eigenvalue weighted by Gasteiger charge is -2.18. The van der Waals surface area contributed by atoms with Crippen LogP contribution in [0.2, 0.25) is 0 Å². The highest BCUT2D eigenvalue weighted by molar-refractivity contribution is 7.89. The van der Waals surface area contributed by atoms with Gasteiger partial charge in [-0.25, -0.2) is 13.4 Å². The van der Waals surface area contributed by atoms with Crippen molar-refractivity contribution in [2.75, 3.05) is 13.1 Å². The van der Waals surface area contributed by atoms with E-state index in [1.54, 1.807) is 24.3 Å². The monoisotopic (exact) mass is 406 g/mol. The van der Waals surface area contributed by atoms with Crippen LogP contribution in [-0.4, -0.2) is 36.6 Å². The lowest BCUT2D eigenvalue weighted by atomic mass is 10.0. The van der Waals surface area contributed by atoms with E-state index in [0.29, 0.717) is 30.2 Å². The second-order valence-corrected chi connectivity index (χ2v) is 9.75. The van der Waals surface area contributed by atoms with E-state index in [4.69, 9.17) is 0 Å². The molecule has 0 spiro atoms. The van der Waals surface area contributed by atoms with Crippen molar-refractivity contribution in [3.05, 3.63) is 34.7 Å². The van der Waals surface area contributed by atoms with Crippen molar-refractivity contribution in [2.45, 2.75) is 50.8 Å². The van der Waals surface area contributed by atoms with Gasteiger partial charge in [-0.1, -0.05) is 38.8 Å². The minimum absolute atomic E-state index is 0.210. The van der Waals surface area contributed by atoms with Crippen LogP contribution < -0.4 is 0 Å². The fraction of sp³-hybridized carbons (Fsp3) is 0.500. The number of carbonyl (C=O) groups excluding carboxylic acids is 1. The molecule has 2 aromatic rings. The average molecular weight is 407 g/mol. The fourth-order valence-corrected chi connectivity index (χ4v) is 5.85. The van der Waals surface area contributed by atoms with Crippen molar-refractivity contribution >= 4 is 27.1 Å². The summed E-state index contributed by atoms with van der Waals surface area (Å²) in [6.45, 7) is 4.56. The summed E-state index contributed by atoms with van der Waals surface area (Å²) in [5, 5.41) is 2.77. The van der Waals surface area contributed by atoms with Gasteiger partial charge in [0, 0.05) is 30.0 Å². The van der Waals surface area contributed by atoms with Crippen LogP contribution in [0.15, 0.2) is 34.5 Å². The maximum absolute atomic E-state index is 12.6. The Morgan fingerprint density at radius 3 is 2.37 bits per heavy atom. The summed E-state index contributed by atoms with van der Waals surface area (Å²) < 4.78 is 26.6. The van der Waals surface area contributed by atoms with Crippen LogP contribution in [0.1, 0.15) is 44.5 Å². The molecule has 1 aromatic heterocycles. The summed E-state index contributed by atoms with van der Waals surface area (Å²) >= 11 is 1.49. The maximum atomic E-state index is 12.6. The molecule has 1 heterocycles. The topological polar surface area (TPSA) is 67.3 Å². The zero-order valence-electron chi connectivity index (χ0n) is 15.8. The lowest BCUT2D eigenvalue weighted by Crippen LogP contribution is -2.30. The normalized spacial score (nSPS) is 15.5. The van der Waals surface area contributed by atoms with Gasteiger partial charge in [-0.15, -0.1) is 11.3 Å². The molecule has 1 fully saturated rings. The zero-order chi connectivity index (χ0) is 19.4. The molecule has 0 aliphatic heterocycles. The minimum Gasteiger partial charge on any atom is -0.299 e. The third kappa shape index (κ3) is 4.47. The molecule has 5 nitrogen and oxygen atoms in total. The van der Waals surface area contributed by atoms with Crippen molar-refractivity contribution in [3.63, 3.8) is 0 Å². The predicted octanol–water partition coefficient (Wildman–Crippen LogP) is 4.14. The molecule has 0 bridgehead atoms. The van der Waals surface area contributed by atoms with Gasteiger partial charge in [0.15, 0.2) is 0 Å². The molecule has 0 radical (unpaired) electrons. The quantitative estimate of drug-likeness (QED) is 0.661. The third-order valence-electron chi connectivity index (χ3n) is 5.18. The van der Waals surface area contributed by atoms with Crippen LogP contribution in [0.5, 0.6) is 0 Å². The second kappa shape index (κ2) is 8.63. The number of thiazole rings is 1. The molecule has 0 saturated heterocycles. The summed E-state index contributed by atoms with van der Waals surface area (Å²) in [6, 6.07) is 6.83. The summed E-state index contributed by atoms with van der Waals surface area (Å²) in [7, 11) is -3.45. The first-order valence-electron chi connectivity index (χ1n) is 9.53. The van der Waals surface area contributed by atoms with Gasteiger partial charge in [-0.2, -0.15) is 4.31 Å². The molecule has 27 heavy (non-hydrogen) atoms. The molecule has 1 aliphatic carbocycles. The number of hydrogen-bond donors (Lipinski definition) is 0. The lowest BCUT2D eigenvalue weighted by molar-refractivity contribution is -0.122. The molecular formula is C20H26N2O3S2. The van der Waals surface area contributed by atoms with Gasteiger partial charge in [0.05, 0.1) is 17.0 Å². The van der Waals surface area contributed by atoms with Gasteiger partial charge in [-0.3, -0.25) is 4.79 Å². The van der Waals surface area contributed by atoms with Crippen LogP contribution >= 0.6 is 11.3 Å². The number of Topliss-reactive ketones (excluding diaryl/α,β-unsaturated/α-hetero) is 1. The van der Waals surface area contributed by atoms with E-state index in [1.165, 1.54) is 15.6 Å². The van der Waals surface area contributed by atoms with Crippen LogP contribution in [0.25, 0.3) is 11.3 Å². The van der Waals surface area contributed by atoms with E-state index in [2.05, 4.69) is 4.98 Å². The molecule has 7 heteroatoms. The van der Waals surface area contributed by atoms with Gasteiger partial charge in [0.1, 0.15) is 10.8 Å². The molecule has 1 aliphatic rings. The number of nitrogens with zero attached hydrogens (tertiary/aromatic N) is 2. The summed E-state index contributed by atoms with van der Waals surface area (Å²) in [6.07, 6.45) is 4.74. The van der Waals surface area contributed by atoms with E-state index in [0.717, 1.165) is 41.9 Å². The number of rotatable bonds is 8. The van der Waals surface area contributed by atoms with Gasteiger partial charge >= 0.3 is 0 Å². The molecule has 1 aromatic carbocycles. The maximum Gasteiger partial charge on any atom is 0.243 e. The smallest absolute Gasteiger partial charge is 0.243 e. The summed E-state index contributed by atoms with van der Waals surface area (Å²) in [5.74, 6) is 0.510. The van der Waals surface area contributed by atoms with E-state index >= 15 is 0 Å². The Hall–Kier alpha value is -1.57. The Morgan fingerprint density at radius 2 is 1.78 bits per heavy atom. The molecule has 1 saturated carbocycles. The van der Waals surface area contributed by atoms with Crippen molar-refractivity contribution in [3.8, 4) is 11.3 Å². The average Bonchev–Trinajstić information content (AvgIpc) is 3.35.